The van der Waals surface area contributed by atoms with Crippen LogP contribution in [-0.2, 0) is 9.59 Å². The average molecular weight is 327 g/mol. The highest BCUT2D eigenvalue weighted by Gasteiger charge is 2.49. The summed E-state index contributed by atoms with van der Waals surface area (Å²) in [4.78, 5) is 29.8. The van der Waals surface area contributed by atoms with Crippen molar-refractivity contribution in [2.75, 3.05) is 4.90 Å². The molecule has 1 aliphatic heterocycles. The van der Waals surface area contributed by atoms with Crippen LogP contribution < -0.4 is 4.90 Å². The molecule has 2 amide bonds. The van der Waals surface area contributed by atoms with Gasteiger partial charge in [0, 0.05) is 5.57 Å². The second-order valence-corrected chi connectivity index (χ2v) is 5.94. The molecule has 4 rings (SSSR count). The van der Waals surface area contributed by atoms with E-state index in [-0.39, 0.29) is 11.3 Å². The molecule has 0 spiro atoms. The molecule has 1 heterocycles. The SMILES string of the molecule is Cc1ccc(N2C(=O)C(=[N+]=[N-])/C(=C3\C=Cc4ccccc43)C2=O)cc1. The summed E-state index contributed by atoms with van der Waals surface area (Å²) < 4.78 is 0. The molecule has 2 aromatic carbocycles. The topological polar surface area (TPSA) is 73.8 Å². The number of rotatable bonds is 1. The Morgan fingerprint density at radius 1 is 0.920 bits per heavy atom. The fraction of sp³-hybridized carbons (Fsp3) is 0.0500. The van der Waals surface area contributed by atoms with E-state index in [0.29, 0.717) is 11.3 Å². The molecule has 0 radical (unpaired) electrons. The van der Waals surface area contributed by atoms with Crippen molar-refractivity contribution >= 4 is 34.9 Å². The largest absolute Gasteiger partial charge is 0.393 e. The summed E-state index contributed by atoms with van der Waals surface area (Å²) in [7, 11) is 0. The van der Waals surface area contributed by atoms with Crippen LogP contribution in [0.2, 0.25) is 0 Å². The van der Waals surface area contributed by atoms with Crippen LogP contribution in [0.25, 0.3) is 17.2 Å². The van der Waals surface area contributed by atoms with E-state index in [2.05, 4.69) is 4.79 Å². The van der Waals surface area contributed by atoms with Crippen LogP contribution in [0.4, 0.5) is 5.69 Å². The number of benzene rings is 2. The summed E-state index contributed by atoms with van der Waals surface area (Å²) >= 11 is 0. The second-order valence-electron chi connectivity index (χ2n) is 5.94. The zero-order chi connectivity index (χ0) is 17.6. The third-order valence-corrected chi connectivity index (χ3v) is 4.40. The molecule has 0 aromatic heterocycles. The number of hydrogen-bond donors (Lipinski definition) is 0. The lowest BCUT2D eigenvalue weighted by Crippen LogP contribution is -2.30. The quantitative estimate of drug-likeness (QED) is 0.349. The Morgan fingerprint density at radius 2 is 1.64 bits per heavy atom. The number of nitrogens with zero attached hydrogens (tertiary/aromatic N) is 3. The van der Waals surface area contributed by atoms with Gasteiger partial charge in [-0.15, -0.1) is 0 Å². The summed E-state index contributed by atoms with van der Waals surface area (Å²) in [6, 6.07) is 14.6. The molecular weight excluding hydrogens is 314 g/mol. The molecule has 2 aromatic rings. The molecule has 0 unspecified atom stereocenters. The number of hydrogen-bond acceptors (Lipinski definition) is 2. The molecule has 25 heavy (non-hydrogen) atoms. The Morgan fingerprint density at radius 3 is 2.36 bits per heavy atom. The second kappa shape index (κ2) is 5.51. The molecule has 1 fully saturated rings. The van der Waals surface area contributed by atoms with Crippen LogP contribution in [0.3, 0.4) is 0 Å². The maximum absolute atomic E-state index is 13.0. The van der Waals surface area contributed by atoms with Gasteiger partial charge < -0.3 is 5.53 Å². The molecule has 1 aliphatic carbocycles. The van der Waals surface area contributed by atoms with Crippen molar-refractivity contribution in [3.8, 4) is 0 Å². The van der Waals surface area contributed by atoms with Crippen LogP contribution in [-0.4, -0.2) is 22.3 Å². The van der Waals surface area contributed by atoms with Crippen molar-refractivity contribution in [3.63, 3.8) is 0 Å². The molecule has 5 heteroatoms. The first-order valence-electron chi connectivity index (χ1n) is 7.81. The minimum atomic E-state index is -0.628. The Kier molecular flexibility index (Phi) is 3.31. The van der Waals surface area contributed by atoms with Gasteiger partial charge in [-0.05, 0) is 30.2 Å². The van der Waals surface area contributed by atoms with Crippen LogP contribution in [0.5, 0.6) is 0 Å². The van der Waals surface area contributed by atoms with Gasteiger partial charge in [0.1, 0.15) is 5.57 Å². The van der Waals surface area contributed by atoms with Crippen molar-refractivity contribution in [2.24, 2.45) is 0 Å². The molecule has 0 saturated carbocycles. The molecule has 0 atom stereocenters. The molecule has 1 saturated heterocycles. The fourth-order valence-electron chi connectivity index (χ4n) is 3.15. The van der Waals surface area contributed by atoms with Crippen LogP contribution in [0, 0.1) is 6.92 Å². The van der Waals surface area contributed by atoms with Crippen molar-refractivity contribution in [2.45, 2.75) is 6.92 Å². The van der Waals surface area contributed by atoms with Crippen molar-refractivity contribution < 1.29 is 14.4 Å². The molecule has 2 aliphatic rings. The van der Waals surface area contributed by atoms with E-state index in [1.807, 2.05) is 49.4 Å². The first-order chi connectivity index (χ1) is 12.1. The molecule has 0 N–H and O–H groups in total. The summed E-state index contributed by atoms with van der Waals surface area (Å²) in [5.74, 6) is -1.12. The first kappa shape index (κ1) is 15.0. The number of fused-ring (bicyclic) bond motifs is 1. The monoisotopic (exact) mass is 327 g/mol. The van der Waals surface area contributed by atoms with E-state index in [9.17, 15) is 15.1 Å². The van der Waals surface area contributed by atoms with Gasteiger partial charge in [-0.3, -0.25) is 9.59 Å². The third-order valence-electron chi connectivity index (χ3n) is 4.40. The Balaban J connectivity index is 1.91. The lowest BCUT2D eigenvalue weighted by Gasteiger charge is -2.12. The molecule has 120 valence electrons. The maximum atomic E-state index is 13.0. The highest BCUT2D eigenvalue weighted by molar-refractivity contribution is 6.65. The number of imide groups is 1. The Labute approximate surface area is 144 Å². The van der Waals surface area contributed by atoms with Gasteiger partial charge in [0.25, 0.3) is 5.91 Å². The lowest BCUT2D eigenvalue weighted by atomic mass is 9.99. The maximum Gasteiger partial charge on any atom is 0.393 e. The van der Waals surface area contributed by atoms with E-state index < -0.39 is 11.8 Å². The van der Waals surface area contributed by atoms with E-state index in [4.69, 9.17) is 0 Å². The summed E-state index contributed by atoms with van der Waals surface area (Å²) in [5.41, 5.74) is 13.1. The highest BCUT2D eigenvalue weighted by Crippen LogP contribution is 2.35. The molecule has 0 bridgehead atoms. The zero-order valence-corrected chi connectivity index (χ0v) is 13.4. The van der Waals surface area contributed by atoms with Crippen molar-refractivity contribution in [1.82, 2.24) is 0 Å². The van der Waals surface area contributed by atoms with Crippen molar-refractivity contribution in [1.29, 1.82) is 0 Å². The minimum absolute atomic E-state index is 0.120. The Hall–Kier alpha value is -3.56. The average Bonchev–Trinajstić information content (AvgIpc) is 3.14. The van der Waals surface area contributed by atoms with Crippen LogP contribution in [0.15, 0.2) is 60.2 Å². The zero-order valence-electron chi connectivity index (χ0n) is 13.4. The minimum Gasteiger partial charge on any atom is -0.361 e. The normalized spacial score (nSPS) is 18.8. The van der Waals surface area contributed by atoms with Crippen LogP contribution in [0.1, 0.15) is 16.7 Å². The predicted octanol–water partition coefficient (Wildman–Crippen LogP) is 3.02. The van der Waals surface area contributed by atoms with Gasteiger partial charge in [-0.2, -0.15) is 4.79 Å². The van der Waals surface area contributed by atoms with Gasteiger partial charge >= 0.3 is 11.6 Å². The molecule has 5 nitrogen and oxygen atoms in total. The number of carbonyl (C=O) groups excluding carboxylic acids is 2. The summed E-state index contributed by atoms with van der Waals surface area (Å²) in [5, 5.41) is 0. The lowest BCUT2D eigenvalue weighted by molar-refractivity contribution is -0.120. The Bertz CT molecular complexity index is 1040. The van der Waals surface area contributed by atoms with Gasteiger partial charge in [0.15, 0.2) is 0 Å². The van der Waals surface area contributed by atoms with Crippen molar-refractivity contribution in [3.05, 3.63) is 82.4 Å². The predicted molar refractivity (Wildman–Crippen MR) is 94.7 cm³/mol. The number of amides is 2. The van der Waals surface area contributed by atoms with E-state index in [0.717, 1.165) is 21.6 Å². The van der Waals surface area contributed by atoms with Gasteiger partial charge in [0.05, 0.1) is 5.69 Å². The molecular formula is C20H13N3O2. The van der Waals surface area contributed by atoms with E-state index in [1.54, 1.807) is 18.2 Å². The highest BCUT2D eigenvalue weighted by atomic mass is 16.2. The first-order valence-corrected chi connectivity index (χ1v) is 7.81. The summed E-state index contributed by atoms with van der Waals surface area (Å²) in [6.07, 6.45) is 3.65. The van der Waals surface area contributed by atoms with Gasteiger partial charge in [-0.25, -0.2) is 4.90 Å². The number of anilines is 1. The number of aryl methyl sites for hydroxylation is 1. The van der Waals surface area contributed by atoms with Gasteiger partial charge in [0.2, 0.25) is 0 Å². The smallest absolute Gasteiger partial charge is 0.361 e. The number of carbonyl (C=O) groups is 2. The van der Waals surface area contributed by atoms with Gasteiger partial charge in [-0.1, -0.05) is 54.1 Å². The van der Waals surface area contributed by atoms with E-state index in [1.165, 1.54) is 0 Å². The van der Waals surface area contributed by atoms with E-state index >= 15 is 0 Å². The fourth-order valence-corrected chi connectivity index (χ4v) is 3.15. The van der Waals surface area contributed by atoms with Crippen LogP contribution >= 0.6 is 0 Å². The summed E-state index contributed by atoms with van der Waals surface area (Å²) in [6.45, 7) is 1.92. The standard InChI is InChI=1S/C20H13N3O2/c1-12-6-9-14(10-7-12)23-19(24)17(18(22-21)20(23)25)16-11-8-13-4-2-3-5-15(13)16/h2-11H,1H3/b17-16-. The number of allylic oxidation sites excluding steroid dienone is 2. The third kappa shape index (κ3) is 2.18.